The summed E-state index contributed by atoms with van der Waals surface area (Å²) in [6.45, 7) is 8.22. The number of carbonyl (C=O) groups excluding carboxylic acids is 1. The first-order valence-electron chi connectivity index (χ1n) is 10.5. The predicted octanol–water partition coefficient (Wildman–Crippen LogP) is 6.36. The molecule has 0 aliphatic heterocycles. The lowest BCUT2D eigenvalue weighted by Crippen LogP contribution is -2.34. The molecule has 1 aromatic heterocycles. The normalized spacial score (nSPS) is 11.0. The molecule has 0 atom stereocenters. The van der Waals surface area contributed by atoms with E-state index in [2.05, 4.69) is 41.6 Å². The summed E-state index contributed by atoms with van der Waals surface area (Å²) in [5.41, 5.74) is 6.99. The van der Waals surface area contributed by atoms with Crippen LogP contribution in [0.15, 0.2) is 65.1 Å². The van der Waals surface area contributed by atoms with Gasteiger partial charge in [0.1, 0.15) is 5.52 Å². The van der Waals surface area contributed by atoms with Gasteiger partial charge in [-0.15, -0.1) is 0 Å². The van der Waals surface area contributed by atoms with Gasteiger partial charge in [-0.3, -0.25) is 10.1 Å². The van der Waals surface area contributed by atoms with E-state index in [1.807, 2.05) is 62.4 Å². The van der Waals surface area contributed by atoms with Gasteiger partial charge in [0, 0.05) is 16.8 Å². The number of aryl methyl sites for hydroxylation is 2. The van der Waals surface area contributed by atoms with Crippen LogP contribution in [0.3, 0.4) is 0 Å². The highest BCUT2D eigenvalue weighted by Gasteiger charge is 2.12. The van der Waals surface area contributed by atoms with Crippen molar-refractivity contribution in [3.8, 4) is 11.5 Å². The third-order valence-corrected chi connectivity index (χ3v) is 5.36. The van der Waals surface area contributed by atoms with E-state index in [0.29, 0.717) is 17.4 Å². The highest BCUT2D eigenvalue weighted by atomic mass is 32.1. The molecule has 4 rings (SSSR count). The van der Waals surface area contributed by atoms with Gasteiger partial charge in [0.15, 0.2) is 10.7 Å². The molecule has 2 N–H and O–H groups in total. The minimum Gasteiger partial charge on any atom is -0.436 e. The number of carbonyl (C=O) groups is 1. The molecule has 32 heavy (non-hydrogen) atoms. The van der Waals surface area contributed by atoms with Crippen molar-refractivity contribution >= 4 is 40.0 Å². The third-order valence-electron chi connectivity index (χ3n) is 5.16. The third kappa shape index (κ3) is 4.86. The second kappa shape index (κ2) is 8.93. The molecular weight excluding hydrogens is 418 g/mol. The van der Waals surface area contributed by atoms with Crippen molar-refractivity contribution in [3.05, 3.63) is 82.9 Å². The van der Waals surface area contributed by atoms with Crippen molar-refractivity contribution < 1.29 is 9.21 Å². The van der Waals surface area contributed by atoms with Gasteiger partial charge in [-0.05, 0) is 80.0 Å². The fourth-order valence-corrected chi connectivity index (χ4v) is 3.81. The lowest BCUT2D eigenvalue weighted by Gasteiger charge is -2.11. The Hall–Kier alpha value is -3.51. The summed E-state index contributed by atoms with van der Waals surface area (Å²) in [6, 6.07) is 19.4. The highest BCUT2D eigenvalue weighted by molar-refractivity contribution is 7.80. The van der Waals surface area contributed by atoms with Gasteiger partial charge in [0.2, 0.25) is 5.89 Å². The van der Waals surface area contributed by atoms with Crippen LogP contribution in [-0.2, 0) is 0 Å². The van der Waals surface area contributed by atoms with Crippen molar-refractivity contribution in [2.75, 3.05) is 5.32 Å². The Morgan fingerprint density at radius 1 is 1.00 bits per heavy atom. The Kier molecular flexibility index (Phi) is 6.06. The van der Waals surface area contributed by atoms with Crippen molar-refractivity contribution in [1.82, 2.24) is 10.3 Å². The van der Waals surface area contributed by atoms with Crippen LogP contribution in [0.25, 0.3) is 22.6 Å². The molecule has 162 valence electrons. The van der Waals surface area contributed by atoms with E-state index in [1.165, 1.54) is 5.56 Å². The molecule has 3 aromatic carbocycles. The molecule has 0 radical (unpaired) electrons. The van der Waals surface area contributed by atoms with Crippen molar-refractivity contribution in [1.29, 1.82) is 0 Å². The van der Waals surface area contributed by atoms with E-state index < -0.39 is 0 Å². The Balaban J connectivity index is 1.50. The second-order valence-electron chi connectivity index (χ2n) is 8.27. The molecule has 4 aromatic rings. The first kappa shape index (κ1) is 21.7. The summed E-state index contributed by atoms with van der Waals surface area (Å²) in [5.74, 6) is 0.715. The molecule has 1 amide bonds. The second-order valence-corrected chi connectivity index (χ2v) is 8.67. The fraction of sp³-hybridized carbons (Fsp3) is 0.192. The molecule has 0 bridgehead atoms. The number of amides is 1. The lowest BCUT2D eigenvalue weighted by atomic mass is 10.0. The minimum absolute atomic E-state index is 0.227. The Labute approximate surface area is 192 Å². The predicted molar refractivity (Wildman–Crippen MR) is 133 cm³/mol. The topological polar surface area (TPSA) is 67.2 Å². The van der Waals surface area contributed by atoms with Crippen LogP contribution in [0.2, 0.25) is 0 Å². The van der Waals surface area contributed by atoms with E-state index in [9.17, 15) is 4.79 Å². The summed E-state index contributed by atoms with van der Waals surface area (Å²) in [6.07, 6.45) is 0. The number of fused-ring (bicyclic) bond motifs is 1. The zero-order chi connectivity index (χ0) is 22.8. The van der Waals surface area contributed by atoms with Gasteiger partial charge in [0.25, 0.3) is 5.91 Å². The average Bonchev–Trinajstić information content (AvgIpc) is 3.16. The average molecular weight is 444 g/mol. The van der Waals surface area contributed by atoms with Gasteiger partial charge in [-0.1, -0.05) is 43.2 Å². The summed E-state index contributed by atoms with van der Waals surface area (Å²) in [7, 11) is 0. The standard InChI is InChI=1S/C26H25N3O2S/c1-15(2)18-8-9-23-22(14-18)28-25(31-23)19-6-5-7-21(13-19)27-26(32)29-24(30)20-11-16(3)10-17(4)12-20/h5-15H,1-4H3,(H2,27,29,30,32). The molecular formula is C26H25N3O2S. The van der Waals surface area contributed by atoms with Crippen LogP contribution in [-0.4, -0.2) is 16.0 Å². The Morgan fingerprint density at radius 2 is 1.75 bits per heavy atom. The van der Waals surface area contributed by atoms with Crippen molar-refractivity contribution in [2.24, 2.45) is 0 Å². The SMILES string of the molecule is Cc1cc(C)cc(C(=O)NC(=S)Nc2cccc(-c3nc4cc(C(C)C)ccc4o3)c2)c1. The molecule has 6 heteroatoms. The number of benzene rings is 3. The maximum Gasteiger partial charge on any atom is 0.257 e. The Morgan fingerprint density at radius 3 is 2.47 bits per heavy atom. The summed E-state index contributed by atoms with van der Waals surface area (Å²) < 4.78 is 5.95. The summed E-state index contributed by atoms with van der Waals surface area (Å²) in [5, 5.41) is 6.04. The number of rotatable bonds is 4. The van der Waals surface area contributed by atoms with Crippen LogP contribution in [0.4, 0.5) is 5.69 Å². The molecule has 0 unspecified atom stereocenters. The largest absolute Gasteiger partial charge is 0.436 e. The monoisotopic (exact) mass is 443 g/mol. The molecule has 0 saturated heterocycles. The molecule has 0 fully saturated rings. The quantitative estimate of drug-likeness (QED) is 0.359. The number of anilines is 1. The number of nitrogens with one attached hydrogen (secondary N) is 2. The number of thiocarbonyl (C=S) groups is 1. The van der Waals surface area contributed by atoms with Gasteiger partial charge in [-0.2, -0.15) is 0 Å². The van der Waals surface area contributed by atoms with Crippen LogP contribution >= 0.6 is 12.2 Å². The first-order valence-corrected chi connectivity index (χ1v) is 10.9. The van der Waals surface area contributed by atoms with Crippen LogP contribution in [0, 0.1) is 13.8 Å². The van der Waals surface area contributed by atoms with E-state index in [4.69, 9.17) is 16.6 Å². The van der Waals surface area contributed by atoms with Gasteiger partial charge in [0.05, 0.1) is 0 Å². The van der Waals surface area contributed by atoms with E-state index in [0.717, 1.165) is 33.5 Å². The van der Waals surface area contributed by atoms with Gasteiger partial charge >= 0.3 is 0 Å². The van der Waals surface area contributed by atoms with E-state index in [1.54, 1.807) is 0 Å². The van der Waals surface area contributed by atoms with Crippen LogP contribution in [0.5, 0.6) is 0 Å². The molecule has 5 nitrogen and oxygen atoms in total. The molecule has 0 saturated carbocycles. The minimum atomic E-state index is -0.245. The maximum absolute atomic E-state index is 12.5. The molecule has 1 heterocycles. The lowest BCUT2D eigenvalue weighted by molar-refractivity contribution is 0.0977. The smallest absolute Gasteiger partial charge is 0.257 e. The van der Waals surface area contributed by atoms with E-state index in [-0.39, 0.29) is 11.0 Å². The zero-order valence-electron chi connectivity index (χ0n) is 18.5. The summed E-state index contributed by atoms with van der Waals surface area (Å²) in [4.78, 5) is 17.2. The van der Waals surface area contributed by atoms with Crippen LogP contribution < -0.4 is 10.6 Å². The van der Waals surface area contributed by atoms with Gasteiger partial charge in [-0.25, -0.2) is 4.98 Å². The van der Waals surface area contributed by atoms with Crippen molar-refractivity contribution in [2.45, 2.75) is 33.6 Å². The van der Waals surface area contributed by atoms with Crippen LogP contribution in [0.1, 0.15) is 46.8 Å². The number of hydrogen-bond acceptors (Lipinski definition) is 4. The van der Waals surface area contributed by atoms with E-state index >= 15 is 0 Å². The molecule has 0 aliphatic carbocycles. The number of oxazole rings is 1. The molecule has 0 aliphatic rings. The summed E-state index contributed by atoms with van der Waals surface area (Å²) >= 11 is 5.35. The molecule has 0 spiro atoms. The first-order chi connectivity index (χ1) is 15.3. The van der Waals surface area contributed by atoms with Crippen molar-refractivity contribution in [3.63, 3.8) is 0 Å². The number of nitrogens with zero attached hydrogens (tertiary/aromatic N) is 1. The highest BCUT2D eigenvalue weighted by Crippen LogP contribution is 2.28. The maximum atomic E-state index is 12.5. The number of hydrogen-bond donors (Lipinski definition) is 2. The number of aromatic nitrogens is 1. The zero-order valence-corrected chi connectivity index (χ0v) is 19.3. The fourth-order valence-electron chi connectivity index (χ4n) is 3.60. The van der Waals surface area contributed by atoms with Gasteiger partial charge < -0.3 is 9.73 Å². The Bertz CT molecular complexity index is 1300.